The summed E-state index contributed by atoms with van der Waals surface area (Å²) in [6.07, 6.45) is 10.0. The molecule has 1 aliphatic rings. The van der Waals surface area contributed by atoms with Crippen molar-refractivity contribution in [1.29, 1.82) is 0 Å². The van der Waals surface area contributed by atoms with E-state index in [0.29, 0.717) is 37.4 Å². The summed E-state index contributed by atoms with van der Waals surface area (Å²) in [6.45, 7) is 16.4. The zero-order valence-corrected chi connectivity index (χ0v) is 33.7. The number of epoxide rings is 1. The third-order valence-corrected chi connectivity index (χ3v) is 10.3. The monoisotopic (exact) mass is 756 g/mol. The molecule has 0 aliphatic carbocycles. The van der Waals surface area contributed by atoms with Crippen LogP contribution >= 0.6 is 0 Å². The highest BCUT2D eigenvalue weighted by Gasteiger charge is 2.40. The van der Waals surface area contributed by atoms with Gasteiger partial charge in [-0.1, -0.05) is 95.2 Å². The number of aryl methyl sites for hydroxylation is 3. The lowest BCUT2D eigenvalue weighted by Gasteiger charge is -2.30. The van der Waals surface area contributed by atoms with Crippen LogP contribution in [-0.2, 0) is 44.7 Å². The number of ether oxygens (including phenoxy) is 5. The molecule has 3 aromatic carbocycles. The van der Waals surface area contributed by atoms with E-state index in [2.05, 4.69) is 75.5 Å². The van der Waals surface area contributed by atoms with Crippen molar-refractivity contribution in [3.63, 3.8) is 0 Å². The van der Waals surface area contributed by atoms with Gasteiger partial charge < -0.3 is 33.9 Å². The van der Waals surface area contributed by atoms with E-state index >= 15 is 0 Å². The molecule has 0 bridgehead atoms. The van der Waals surface area contributed by atoms with Gasteiger partial charge in [0.15, 0.2) is 6.29 Å². The largest absolute Gasteiger partial charge is 0.493 e. The molecule has 0 amide bonds. The van der Waals surface area contributed by atoms with Crippen molar-refractivity contribution in [2.45, 2.75) is 111 Å². The number of esters is 1. The van der Waals surface area contributed by atoms with Crippen LogP contribution in [0.1, 0.15) is 94.9 Å². The van der Waals surface area contributed by atoms with Crippen molar-refractivity contribution in [3.05, 3.63) is 107 Å². The molecule has 300 valence electrons. The topological polar surface area (TPSA) is 107 Å². The highest BCUT2D eigenvalue weighted by molar-refractivity contribution is 5.86. The van der Waals surface area contributed by atoms with Crippen LogP contribution in [-0.4, -0.2) is 68.2 Å². The third-order valence-electron chi connectivity index (χ3n) is 10.3. The Labute approximate surface area is 329 Å². The van der Waals surface area contributed by atoms with Crippen LogP contribution in [0.5, 0.6) is 11.5 Å². The van der Waals surface area contributed by atoms with Crippen molar-refractivity contribution in [3.8, 4) is 22.6 Å². The van der Waals surface area contributed by atoms with Crippen molar-refractivity contribution >= 4 is 5.97 Å². The summed E-state index contributed by atoms with van der Waals surface area (Å²) in [6, 6.07) is 21.4. The summed E-state index contributed by atoms with van der Waals surface area (Å²) >= 11 is 0. The maximum Gasteiger partial charge on any atom is 0.333 e. The zero-order chi connectivity index (χ0) is 39.6. The average molecular weight is 757 g/mol. The van der Waals surface area contributed by atoms with E-state index in [4.69, 9.17) is 23.7 Å². The van der Waals surface area contributed by atoms with Crippen LogP contribution in [0.4, 0.5) is 0 Å². The van der Waals surface area contributed by atoms with E-state index < -0.39 is 11.4 Å². The molecule has 3 aromatic rings. The number of carbonyl (C=O) groups excluding carboxylic acids is 1. The van der Waals surface area contributed by atoms with Gasteiger partial charge in [-0.3, -0.25) is 0 Å². The Bertz CT molecular complexity index is 1660. The van der Waals surface area contributed by atoms with Crippen LogP contribution in [0, 0.1) is 5.41 Å². The molecule has 2 atom stereocenters. The summed E-state index contributed by atoms with van der Waals surface area (Å²) in [5, 5.41) is 20.3. The van der Waals surface area contributed by atoms with Crippen molar-refractivity contribution < 1.29 is 38.7 Å². The Hall–Kier alpha value is -3.95. The highest BCUT2D eigenvalue weighted by atomic mass is 16.8. The number of rotatable bonds is 27. The Balaban J connectivity index is 1.55. The minimum Gasteiger partial charge on any atom is -0.493 e. The van der Waals surface area contributed by atoms with Crippen molar-refractivity contribution in [1.82, 2.24) is 0 Å². The van der Waals surface area contributed by atoms with Gasteiger partial charge in [-0.05, 0) is 110 Å². The minimum atomic E-state index is -0.579. The third kappa shape index (κ3) is 13.9. The molecular formula is C47H64O8. The van der Waals surface area contributed by atoms with Gasteiger partial charge in [0.2, 0.25) is 0 Å². The van der Waals surface area contributed by atoms with E-state index in [1.54, 1.807) is 6.92 Å². The Morgan fingerprint density at radius 3 is 2.05 bits per heavy atom. The van der Waals surface area contributed by atoms with Gasteiger partial charge in [0.25, 0.3) is 0 Å². The van der Waals surface area contributed by atoms with Gasteiger partial charge in [0.1, 0.15) is 30.8 Å². The molecule has 0 radical (unpaired) electrons. The van der Waals surface area contributed by atoms with Crippen LogP contribution in [0.2, 0.25) is 0 Å². The minimum absolute atomic E-state index is 0.0712. The first-order valence-electron chi connectivity index (χ1n) is 20.2. The van der Waals surface area contributed by atoms with E-state index in [1.807, 2.05) is 19.1 Å². The average Bonchev–Trinajstić information content (AvgIpc) is 3.98. The van der Waals surface area contributed by atoms with E-state index in [0.717, 1.165) is 72.1 Å². The van der Waals surface area contributed by atoms with Gasteiger partial charge >= 0.3 is 5.97 Å². The van der Waals surface area contributed by atoms with Crippen LogP contribution < -0.4 is 9.47 Å². The molecule has 2 unspecified atom stereocenters. The molecule has 0 aromatic heterocycles. The number of benzene rings is 3. The zero-order valence-electron chi connectivity index (χ0n) is 33.7. The van der Waals surface area contributed by atoms with Gasteiger partial charge in [0, 0.05) is 16.6 Å². The van der Waals surface area contributed by atoms with Gasteiger partial charge in [-0.25, -0.2) is 4.79 Å². The molecule has 0 spiro atoms. The Kier molecular flexibility index (Phi) is 18.0. The second-order valence-electron chi connectivity index (χ2n) is 15.1. The Morgan fingerprint density at radius 2 is 1.40 bits per heavy atom. The number of hydrogen-bond acceptors (Lipinski definition) is 8. The fourth-order valence-corrected chi connectivity index (χ4v) is 6.59. The maximum atomic E-state index is 12.0. The standard InChI is InChI=1S/C47H64O8/c1-7-9-11-12-36-13-15-37(16-14-36)17-18-38-19-21-41(43(30-38)52-28-29-53-45(50)35(5)6)39-20-22-42(51-27-25-47(32-48,33-49)24-10-8-2)40(31-39)23-26-54-46-44(55-46)34(3)4/h13-16,19-22,30-31,44,46,48-49H,3,5,7-12,17-18,23-29,32-33H2,1-2,4,6H3. The molecule has 1 heterocycles. The number of aliphatic hydroxyl groups is 2. The Morgan fingerprint density at radius 1 is 0.727 bits per heavy atom. The second kappa shape index (κ2) is 22.6. The number of aliphatic hydroxyl groups excluding tert-OH is 2. The molecule has 0 saturated carbocycles. The van der Waals surface area contributed by atoms with Crippen LogP contribution in [0.25, 0.3) is 11.1 Å². The quantitative estimate of drug-likeness (QED) is 0.0261. The number of unbranched alkanes of at least 4 members (excludes halogenated alkanes) is 3. The van der Waals surface area contributed by atoms with E-state index in [1.165, 1.54) is 30.4 Å². The summed E-state index contributed by atoms with van der Waals surface area (Å²) in [4.78, 5) is 12.0. The fraction of sp³-hybridized carbons (Fsp3) is 0.511. The molecular weight excluding hydrogens is 693 g/mol. The molecule has 55 heavy (non-hydrogen) atoms. The first-order chi connectivity index (χ1) is 26.6. The lowest BCUT2D eigenvalue weighted by molar-refractivity contribution is -0.139. The van der Waals surface area contributed by atoms with Gasteiger partial charge in [-0.2, -0.15) is 0 Å². The van der Waals surface area contributed by atoms with Crippen molar-refractivity contribution in [2.75, 3.05) is 39.6 Å². The van der Waals surface area contributed by atoms with Gasteiger partial charge in [-0.15, -0.1) is 0 Å². The van der Waals surface area contributed by atoms with Crippen molar-refractivity contribution in [2.24, 2.45) is 5.41 Å². The first-order valence-corrected chi connectivity index (χ1v) is 20.2. The summed E-state index contributed by atoms with van der Waals surface area (Å²) in [5.74, 6) is 0.986. The van der Waals surface area contributed by atoms with Crippen LogP contribution in [0.3, 0.4) is 0 Å². The highest BCUT2D eigenvalue weighted by Crippen LogP contribution is 2.36. The molecule has 1 fully saturated rings. The lowest BCUT2D eigenvalue weighted by atomic mass is 9.81. The van der Waals surface area contributed by atoms with Crippen LogP contribution in [0.15, 0.2) is 85.0 Å². The van der Waals surface area contributed by atoms with E-state index in [-0.39, 0.29) is 38.8 Å². The molecule has 8 nitrogen and oxygen atoms in total. The normalized spacial score (nSPS) is 15.1. The predicted octanol–water partition coefficient (Wildman–Crippen LogP) is 9.16. The number of carbonyl (C=O) groups is 1. The molecule has 2 N–H and O–H groups in total. The lowest BCUT2D eigenvalue weighted by Crippen LogP contribution is -2.32. The van der Waals surface area contributed by atoms with E-state index in [9.17, 15) is 15.0 Å². The maximum absolute atomic E-state index is 12.0. The first kappa shape index (κ1) is 43.8. The smallest absolute Gasteiger partial charge is 0.333 e. The molecule has 8 heteroatoms. The summed E-state index contributed by atoms with van der Waals surface area (Å²) < 4.78 is 29.7. The summed E-state index contributed by atoms with van der Waals surface area (Å²) in [7, 11) is 0. The molecule has 1 aliphatic heterocycles. The number of hydrogen-bond donors (Lipinski definition) is 2. The van der Waals surface area contributed by atoms with Gasteiger partial charge in [0.05, 0.1) is 26.4 Å². The molecule has 4 rings (SSSR count). The SMILES string of the molecule is C=C(C)C(=O)OCCOc1cc(CCc2ccc(CCCCC)cc2)ccc1-c1ccc(OCCC(CO)(CO)CCCC)c(CCOC2OC2C(=C)C)c1. The predicted molar refractivity (Wildman–Crippen MR) is 220 cm³/mol. The summed E-state index contributed by atoms with van der Waals surface area (Å²) in [5.41, 5.74) is 7.36. The molecule has 1 saturated heterocycles. The second-order valence-corrected chi connectivity index (χ2v) is 15.1. The fourth-order valence-electron chi connectivity index (χ4n) is 6.59.